The van der Waals surface area contributed by atoms with Crippen molar-refractivity contribution in [1.29, 1.82) is 0 Å². The monoisotopic (exact) mass is 211 g/mol. The first-order chi connectivity index (χ1) is 6.34. The van der Waals surface area contributed by atoms with Crippen molar-refractivity contribution in [3.05, 3.63) is 27.7 Å². The zero-order valence-electron chi connectivity index (χ0n) is 6.93. The molecule has 2 aromatic heterocycles. The quantitative estimate of drug-likeness (QED) is 0.844. The first kappa shape index (κ1) is 8.65. The Morgan fingerprint density at radius 1 is 1.23 bits per heavy atom. The number of aromatic nitrogens is 2. The van der Waals surface area contributed by atoms with Crippen molar-refractivity contribution in [3.8, 4) is 0 Å². The summed E-state index contributed by atoms with van der Waals surface area (Å²) >= 11 is 3.12. The number of nitrogens with two attached hydrogens (primary N) is 1. The van der Waals surface area contributed by atoms with E-state index in [0.29, 0.717) is 5.13 Å². The number of hydrogen-bond donors (Lipinski definition) is 1. The average Bonchev–Trinajstić information content (AvgIpc) is 2.71. The predicted octanol–water partition coefficient (Wildman–Crippen LogP) is 1.97. The maximum Gasteiger partial charge on any atom is 0.180 e. The van der Waals surface area contributed by atoms with E-state index in [4.69, 9.17) is 5.73 Å². The predicted molar refractivity (Wildman–Crippen MR) is 56.0 cm³/mol. The third kappa shape index (κ3) is 2.26. The zero-order chi connectivity index (χ0) is 9.10. The van der Waals surface area contributed by atoms with Gasteiger partial charge in [0, 0.05) is 10.8 Å². The van der Waals surface area contributed by atoms with E-state index in [0.717, 1.165) is 24.2 Å². The Morgan fingerprint density at radius 3 is 2.69 bits per heavy atom. The van der Waals surface area contributed by atoms with Crippen molar-refractivity contribution in [1.82, 2.24) is 9.97 Å². The molecule has 2 N–H and O–H groups in total. The zero-order valence-corrected chi connectivity index (χ0v) is 8.57. The van der Waals surface area contributed by atoms with Gasteiger partial charge in [-0.2, -0.15) is 0 Å². The second kappa shape index (κ2) is 3.85. The summed E-state index contributed by atoms with van der Waals surface area (Å²) < 4.78 is 0. The van der Waals surface area contributed by atoms with Gasteiger partial charge in [-0.3, -0.25) is 0 Å². The van der Waals surface area contributed by atoms with Crippen LogP contribution in [0.15, 0.2) is 16.3 Å². The Bertz CT molecular complexity index is 366. The molecule has 0 saturated heterocycles. The molecule has 2 heterocycles. The minimum atomic E-state index is 0.647. The van der Waals surface area contributed by atoms with Gasteiger partial charge in [-0.05, 0) is 12.8 Å². The topological polar surface area (TPSA) is 51.8 Å². The molecule has 13 heavy (non-hydrogen) atoms. The van der Waals surface area contributed by atoms with Gasteiger partial charge in [-0.1, -0.05) is 0 Å². The summed E-state index contributed by atoms with van der Waals surface area (Å²) in [5, 5.41) is 4.71. The molecule has 0 unspecified atom stereocenters. The minimum absolute atomic E-state index is 0.647. The van der Waals surface area contributed by atoms with Crippen LogP contribution in [0.2, 0.25) is 0 Å². The molecular formula is C8H9N3S2. The molecule has 0 atom stereocenters. The van der Waals surface area contributed by atoms with Gasteiger partial charge >= 0.3 is 0 Å². The van der Waals surface area contributed by atoms with Crippen molar-refractivity contribution >= 4 is 27.8 Å². The van der Waals surface area contributed by atoms with Crippen LogP contribution in [0.4, 0.5) is 5.13 Å². The maximum atomic E-state index is 5.52. The van der Waals surface area contributed by atoms with Crippen molar-refractivity contribution in [2.75, 3.05) is 5.73 Å². The summed E-state index contributed by atoms with van der Waals surface area (Å²) in [5.41, 5.74) is 9.57. The Labute approximate surface area is 84.3 Å². The van der Waals surface area contributed by atoms with E-state index in [1.54, 1.807) is 11.3 Å². The van der Waals surface area contributed by atoms with Crippen molar-refractivity contribution in [3.63, 3.8) is 0 Å². The summed E-state index contributed by atoms with van der Waals surface area (Å²) in [7, 11) is 0. The standard InChI is InChI=1S/C8H9N3S2/c9-8-11-7(4-13-8)2-1-6-3-12-5-10-6/h3-5H,1-2H2,(H2,9,11). The highest BCUT2D eigenvalue weighted by atomic mass is 32.1. The first-order valence-electron chi connectivity index (χ1n) is 3.91. The van der Waals surface area contributed by atoms with Crippen LogP contribution >= 0.6 is 22.7 Å². The molecule has 0 aliphatic rings. The van der Waals surface area contributed by atoms with Gasteiger partial charge in [-0.25, -0.2) is 9.97 Å². The van der Waals surface area contributed by atoms with Crippen LogP contribution in [0.5, 0.6) is 0 Å². The molecule has 0 radical (unpaired) electrons. The number of thiazole rings is 2. The largest absolute Gasteiger partial charge is 0.375 e. The summed E-state index contributed by atoms with van der Waals surface area (Å²) in [6.07, 6.45) is 1.88. The SMILES string of the molecule is Nc1nc(CCc2cscn2)cs1. The van der Waals surface area contributed by atoms with Gasteiger partial charge < -0.3 is 5.73 Å². The van der Waals surface area contributed by atoms with E-state index in [-0.39, 0.29) is 0 Å². The number of aryl methyl sites for hydroxylation is 2. The van der Waals surface area contributed by atoms with Crippen LogP contribution in [0.25, 0.3) is 0 Å². The fraction of sp³-hybridized carbons (Fsp3) is 0.250. The highest BCUT2D eigenvalue weighted by Gasteiger charge is 2.00. The first-order valence-corrected chi connectivity index (χ1v) is 5.74. The van der Waals surface area contributed by atoms with Gasteiger partial charge in [0.1, 0.15) is 0 Å². The van der Waals surface area contributed by atoms with Crippen molar-refractivity contribution < 1.29 is 0 Å². The molecule has 0 aliphatic heterocycles. The van der Waals surface area contributed by atoms with E-state index >= 15 is 0 Å². The molecule has 5 heteroatoms. The van der Waals surface area contributed by atoms with Gasteiger partial charge in [0.05, 0.1) is 16.9 Å². The lowest BCUT2D eigenvalue weighted by atomic mass is 10.2. The molecule has 0 aliphatic carbocycles. The number of rotatable bonds is 3. The lowest BCUT2D eigenvalue weighted by Gasteiger charge is -1.92. The summed E-state index contributed by atoms with van der Waals surface area (Å²) in [6.45, 7) is 0. The maximum absolute atomic E-state index is 5.52. The normalized spacial score (nSPS) is 10.5. The minimum Gasteiger partial charge on any atom is -0.375 e. The van der Waals surface area contributed by atoms with Crippen LogP contribution in [-0.2, 0) is 12.8 Å². The third-order valence-corrected chi connectivity index (χ3v) is 3.05. The van der Waals surface area contributed by atoms with Gasteiger partial charge in [-0.15, -0.1) is 22.7 Å². The van der Waals surface area contributed by atoms with Crippen LogP contribution in [0, 0.1) is 0 Å². The highest BCUT2D eigenvalue weighted by Crippen LogP contribution is 2.13. The lowest BCUT2D eigenvalue weighted by molar-refractivity contribution is 0.900. The smallest absolute Gasteiger partial charge is 0.180 e. The number of nitrogen functional groups attached to an aromatic ring is 1. The molecule has 0 amide bonds. The molecule has 0 bridgehead atoms. The molecular weight excluding hydrogens is 202 g/mol. The molecule has 68 valence electrons. The molecule has 2 rings (SSSR count). The fourth-order valence-electron chi connectivity index (χ4n) is 1.05. The van der Waals surface area contributed by atoms with E-state index < -0.39 is 0 Å². The van der Waals surface area contributed by atoms with Crippen LogP contribution in [0.1, 0.15) is 11.4 Å². The lowest BCUT2D eigenvalue weighted by Crippen LogP contribution is -1.92. The summed E-state index contributed by atoms with van der Waals surface area (Å²) in [6, 6.07) is 0. The number of anilines is 1. The van der Waals surface area contributed by atoms with E-state index in [1.807, 2.05) is 10.9 Å². The number of hydrogen-bond acceptors (Lipinski definition) is 5. The highest BCUT2D eigenvalue weighted by molar-refractivity contribution is 7.13. The Balaban J connectivity index is 1.93. The second-order valence-corrected chi connectivity index (χ2v) is 4.27. The fourth-order valence-corrected chi connectivity index (χ4v) is 2.24. The third-order valence-electron chi connectivity index (χ3n) is 1.69. The molecule has 0 fully saturated rings. The molecule has 0 saturated carbocycles. The van der Waals surface area contributed by atoms with Crippen molar-refractivity contribution in [2.45, 2.75) is 12.8 Å². The Morgan fingerprint density at radius 2 is 2.08 bits per heavy atom. The summed E-state index contributed by atoms with van der Waals surface area (Å²) in [4.78, 5) is 8.38. The Kier molecular flexibility index (Phi) is 2.56. The molecule has 0 spiro atoms. The van der Waals surface area contributed by atoms with E-state index in [1.165, 1.54) is 11.3 Å². The van der Waals surface area contributed by atoms with Crippen LogP contribution in [-0.4, -0.2) is 9.97 Å². The molecule has 2 aromatic rings. The van der Waals surface area contributed by atoms with E-state index in [9.17, 15) is 0 Å². The average molecular weight is 211 g/mol. The van der Waals surface area contributed by atoms with Crippen LogP contribution in [0.3, 0.4) is 0 Å². The molecule has 3 nitrogen and oxygen atoms in total. The number of nitrogens with zero attached hydrogens (tertiary/aromatic N) is 2. The molecule has 0 aromatic carbocycles. The van der Waals surface area contributed by atoms with Crippen molar-refractivity contribution in [2.24, 2.45) is 0 Å². The second-order valence-electron chi connectivity index (χ2n) is 2.66. The van der Waals surface area contributed by atoms with Crippen LogP contribution < -0.4 is 5.73 Å². The van der Waals surface area contributed by atoms with Gasteiger partial charge in [0.25, 0.3) is 0 Å². The summed E-state index contributed by atoms with van der Waals surface area (Å²) in [5.74, 6) is 0. The van der Waals surface area contributed by atoms with Gasteiger partial charge in [0.15, 0.2) is 5.13 Å². The van der Waals surface area contributed by atoms with E-state index in [2.05, 4.69) is 15.3 Å². The Hall–Kier alpha value is -0.940. The van der Waals surface area contributed by atoms with Gasteiger partial charge in [0.2, 0.25) is 0 Å².